The summed E-state index contributed by atoms with van der Waals surface area (Å²) in [7, 11) is 0. The number of carbonyl (C=O) groups excluding carboxylic acids is 1. The van der Waals surface area contributed by atoms with E-state index in [1.165, 1.54) is 5.56 Å². The Labute approximate surface area is 159 Å². The van der Waals surface area contributed by atoms with E-state index < -0.39 is 0 Å². The summed E-state index contributed by atoms with van der Waals surface area (Å²) in [6.45, 7) is 5.71. The Balaban J connectivity index is 1.80. The van der Waals surface area contributed by atoms with Gasteiger partial charge in [0, 0.05) is 36.1 Å². The minimum absolute atomic E-state index is 0.0372. The van der Waals surface area contributed by atoms with Gasteiger partial charge >= 0.3 is 0 Å². The molecule has 0 bridgehead atoms. The van der Waals surface area contributed by atoms with Crippen LogP contribution in [-0.2, 0) is 6.42 Å². The van der Waals surface area contributed by atoms with Crippen LogP contribution >= 0.6 is 0 Å². The van der Waals surface area contributed by atoms with Crippen molar-refractivity contribution < 1.29 is 4.79 Å². The molecule has 5 nitrogen and oxygen atoms in total. The van der Waals surface area contributed by atoms with Crippen LogP contribution in [0, 0.1) is 6.92 Å². The monoisotopic (exact) mass is 360 g/mol. The second kappa shape index (κ2) is 7.35. The summed E-state index contributed by atoms with van der Waals surface area (Å²) in [5, 5.41) is 4.33. The normalized spacial score (nSPS) is 13.9. The predicted molar refractivity (Wildman–Crippen MR) is 109 cm³/mol. The molecule has 1 fully saturated rings. The maximum absolute atomic E-state index is 13.1. The summed E-state index contributed by atoms with van der Waals surface area (Å²) in [5.41, 5.74) is 5.19. The van der Waals surface area contributed by atoms with Crippen LogP contribution in [0.25, 0.3) is 11.0 Å². The molecule has 138 valence electrons. The highest BCUT2D eigenvalue weighted by molar-refractivity contribution is 6.07. The van der Waals surface area contributed by atoms with Gasteiger partial charge in [0.05, 0.1) is 11.3 Å². The third-order valence-electron chi connectivity index (χ3n) is 5.12. The van der Waals surface area contributed by atoms with E-state index in [0.29, 0.717) is 11.2 Å². The SMILES string of the molecule is CCc1ccc(Nc2c(C(=O)N3CCCC3)cnc3nc(C)ccc23)cc1. The van der Waals surface area contributed by atoms with Gasteiger partial charge < -0.3 is 10.2 Å². The lowest BCUT2D eigenvalue weighted by Crippen LogP contribution is -2.28. The number of likely N-dealkylation sites (tertiary alicyclic amines) is 1. The van der Waals surface area contributed by atoms with Crippen molar-refractivity contribution in [2.24, 2.45) is 0 Å². The number of anilines is 2. The highest BCUT2D eigenvalue weighted by Gasteiger charge is 2.24. The first-order chi connectivity index (χ1) is 13.2. The molecule has 0 atom stereocenters. The third-order valence-corrected chi connectivity index (χ3v) is 5.12. The molecule has 27 heavy (non-hydrogen) atoms. The summed E-state index contributed by atoms with van der Waals surface area (Å²) < 4.78 is 0. The molecular weight excluding hydrogens is 336 g/mol. The lowest BCUT2D eigenvalue weighted by Gasteiger charge is -2.19. The van der Waals surface area contributed by atoms with E-state index in [0.717, 1.165) is 54.8 Å². The van der Waals surface area contributed by atoms with Crippen molar-refractivity contribution in [2.75, 3.05) is 18.4 Å². The molecule has 2 aromatic heterocycles. The zero-order valence-electron chi connectivity index (χ0n) is 15.8. The minimum atomic E-state index is 0.0372. The van der Waals surface area contributed by atoms with Gasteiger partial charge in [0.15, 0.2) is 5.65 Å². The maximum Gasteiger partial charge on any atom is 0.257 e. The van der Waals surface area contributed by atoms with E-state index in [2.05, 4.69) is 46.5 Å². The van der Waals surface area contributed by atoms with E-state index in [1.54, 1.807) is 6.20 Å². The van der Waals surface area contributed by atoms with E-state index in [-0.39, 0.29) is 5.91 Å². The van der Waals surface area contributed by atoms with Crippen molar-refractivity contribution in [1.82, 2.24) is 14.9 Å². The first-order valence-corrected chi connectivity index (χ1v) is 9.57. The van der Waals surface area contributed by atoms with Crippen LogP contribution in [0.15, 0.2) is 42.6 Å². The van der Waals surface area contributed by atoms with Crippen molar-refractivity contribution in [2.45, 2.75) is 33.1 Å². The molecule has 0 aliphatic carbocycles. The van der Waals surface area contributed by atoms with E-state index in [9.17, 15) is 4.79 Å². The highest BCUT2D eigenvalue weighted by Crippen LogP contribution is 2.30. The molecule has 1 saturated heterocycles. The Hall–Kier alpha value is -2.95. The molecule has 1 N–H and O–H groups in total. The van der Waals surface area contributed by atoms with Gasteiger partial charge in [0.25, 0.3) is 5.91 Å². The second-order valence-corrected chi connectivity index (χ2v) is 7.05. The van der Waals surface area contributed by atoms with Crippen molar-refractivity contribution in [3.8, 4) is 0 Å². The number of amides is 1. The Morgan fingerprint density at radius 1 is 1.11 bits per heavy atom. The van der Waals surface area contributed by atoms with Crippen LogP contribution in [0.3, 0.4) is 0 Å². The number of hydrogen-bond donors (Lipinski definition) is 1. The Morgan fingerprint density at radius 3 is 2.56 bits per heavy atom. The number of nitrogens with one attached hydrogen (secondary N) is 1. The minimum Gasteiger partial charge on any atom is -0.354 e. The summed E-state index contributed by atoms with van der Waals surface area (Å²) in [6, 6.07) is 12.3. The topological polar surface area (TPSA) is 58.1 Å². The lowest BCUT2D eigenvalue weighted by atomic mass is 10.1. The van der Waals surface area contributed by atoms with E-state index in [4.69, 9.17) is 0 Å². The number of nitrogens with zero attached hydrogens (tertiary/aromatic N) is 3. The molecule has 3 heterocycles. The van der Waals surface area contributed by atoms with Crippen LogP contribution in [-0.4, -0.2) is 33.9 Å². The van der Waals surface area contributed by atoms with Crippen molar-refractivity contribution in [3.63, 3.8) is 0 Å². The number of aryl methyl sites for hydroxylation is 2. The summed E-state index contributed by atoms with van der Waals surface area (Å²) in [5.74, 6) is 0.0372. The molecule has 0 radical (unpaired) electrons. The van der Waals surface area contributed by atoms with Crippen molar-refractivity contribution >= 4 is 28.3 Å². The fourth-order valence-corrected chi connectivity index (χ4v) is 3.53. The Morgan fingerprint density at radius 2 is 1.85 bits per heavy atom. The summed E-state index contributed by atoms with van der Waals surface area (Å²) >= 11 is 0. The van der Waals surface area contributed by atoms with Crippen LogP contribution in [0.1, 0.15) is 41.4 Å². The predicted octanol–water partition coefficient (Wildman–Crippen LogP) is 4.48. The summed E-state index contributed by atoms with van der Waals surface area (Å²) in [6.07, 6.45) is 4.79. The molecule has 0 spiro atoms. The van der Waals surface area contributed by atoms with Gasteiger partial charge in [-0.2, -0.15) is 0 Å². The largest absolute Gasteiger partial charge is 0.354 e. The second-order valence-electron chi connectivity index (χ2n) is 7.05. The number of pyridine rings is 2. The first kappa shape index (κ1) is 17.5. The molecule has 3 aromatic rings. The highest BCUT2D eigenvalue weighted by atomic mass is 16.2. The number of benzene rings is 1. The average molecular weight is 360 g/mol. The molecule has 4 rings (SSSR count). The number of hydrogen-bond acceptors (Lipinski definition) is 4. The molecule has 1 aromatic carbocycles. The summed E-state index contributed by atoms with van der Waals surface area (Å²) in [4.78, 5) is 24.0. The smallest absolute Gasteiger partial charge is 0.257 e. The van der Waals surface area contributed by atoms with Crippen LogP contribution in [0.4, 0.5) is 11.4 Å². The Bertz CT molecular complexity index is 976. The van der Waals surface area contributed by atoms with Gasteiger partial charge in [-0.25, -0.2) is 9.97 Å². The van der Waals surface area contributed by atoms with Gasteiger partial charge in [0.1, 0.15) is 0 Å². The van der Waals surface area contributed by atoms with Crippen molar-refractivity contribution in [1.29, 1.82) is 0 Å². The quantitative estimate of drug-likeness (QED) is 0.745. The fraction of sp³-hybridized carbons (Fsp3) is 0.318. The van der Waals surface area contributed by atoms with Gasteiger partial charge in [-0.05, 0) is 56.0 Å². The van der Waals surface area contributed by atoms with Crippen molar-refractivity contribution in [3.05, 3.63) is 59.4 Å². The van der Waals surface area contributed by atoms with Gasteiger partial charge in [-0.3, -0.25) is 4.79 Å². The molecule has 1 amide bonds. The standard InChI is InChI=1S/C22H24N4O/c1-3-16-7-9-17(10-8-16)25-20-18-11-6-15(2)24-21(18)23-14-19(20)22(27)26-12-4-5-13-26/h6-11,14H,3-5,12-13H2,1-2H3,(H,23,24,25). The van der Waals surface area contributed by atoms with E-state index in [1.807, 2.05) is 24.0 Å². The Kier molecular flexibility index (Phi) is 4.75. The third kappa shape index (κ3) is 3.50. The number of rotatable bonds is 4. The molecule has 1 aliphatic rings. The van der Waals surface area contributed by atoms with E-state index >= 15 is 0 Å². The average Bonchev–Trinajstić information content (AvgIpc) is 3.23. The van der Waals surface area contributed by atoms with Gasteiger partial charge in [-0.15, -0.1) is 0 Å². The molecule has 0 unspecified atom stereocenters. The lowest BCUT2D eigenvalue weighted by molar-refractivity contribution is 0.0793. The van der Waals surface area contributed by atoms with Gasteiger partial charge in [-0.1, -0.05) is 19.1 Å². The molecular formula is C22H24N4O. The first-order valence-electron chi connectivity index (χ1n) is 9.57. The van der Waals surface area contributed by atoms with Crippen LogP contribution in [0.5, 0.6) is 0 Å². The molecule has 0 saturated carbocycles. The molecule has 1 aliphatic heterocycles. The zero-order valence-corrected chi connectivity index (χ0v) is 15.8. The van der Waals surface area contributed by atoms with Gasteiger partial charge in [0.2, 0.25) is 0 Å². The number of aromatic nitrogens is 2. The maximum atomic E-state index is 13.1. The van der Waals surface area contributed by atoms with Crippen LogP contribution < -0.4 is 5.32 Å². The number of carbonyl (C=O) groups is 1. The van der Waals surface area contributed by atoms with Crippen LogP contribution in [0.2, 0.25) is 0 Å². The molecule has 5 heteroatoms. The fourth-order valence-electron chi connectivity index (χ4n) is 3.53. The number of fused-ring (bicyclic) bond motifs is 1. The zero-order chi connectivity index (χ0) is 18.8.